The molecule has 0 aliphatic rings. The predicted molar refractivity (Wildman–Crippen MR) is 145 cm³/mol. The van der Waals surface area contributed by atoms with Gasteiger partial charge in [-0.2, -0.15) is 23.5 Å². The number of aromatic amines is 1. The van der Waals surface area contributed by atoms with Gasteiger partial charge >= 0.3 is 12.1 Å². The van der Waals surface area contributed by atoms with Gasteiger partial charge in [0, 0.05) is 40.7 Å². The molecule has 1 atom stereocenters. The summed E-state index contributed by atoms with van der Waals surface area (Å²) < 4.78 is 38.7. The van der Waals surface area contributed by atoms with E-state index in [1.807, 2.05) is 36.7 Å². The zero-order valence-electron chi connectivity index (χ0n) is 21.8. The Hall–Kier alpha value is -5.71. The molecule has 5 rings (SSSR count). The van der Waals surface area contributed by atoms with Crippen LogP contribution in [0.25, 0.3) is 22.3 Å². The lowest BCUT2D eigenvalue weighted by atomic mass is 10.0. The zero-order valence-corrected chi connectivity index (χ0v) is 21.8. The van der Waals surface area contributed by atoms with Gasteiger partial charge in [0.05, 0.1) is 37.5 Å². The summed E-state index contributed by atoms with van der Waals surface area (Å²) in [6.45, 7) is 0. The Morgan fingerprint density at radius 2 is 1.93 bits per heavy atom. The number of carbonyl (C=O) groups excluding carboxylic acids is 1. The SMILES string of the molecule is COc1cccc(NC(=O)c2cccc(C(CC#N)n3cc(-c4ncnc5[nH]ccc45)cn3)c2)c1.O=C(O)C(F)(F)F. The second-order valence-corrected chi connectivity index (χ2v) is 8.66. The fourth-order valence-corrected chi connectivity index (χ4v) is 3.98. The number of carbonyl (C=O) groups is 2. The minimum Gasteiger partial charge on any atom is -0.497 e. The van der Waals surface area contributed by atoms with Crippen molar-refractivity contribution >= 4 is 28.6 Å². The van der Waals surface area contributed by atoms with Gasteiger partial charge in [-0.1, -0.05) is 18.2 Å². The maximum atomic E-state index is 12.9. The second-order valence-electron chi connectivity index (χ2n) is 8.66. The average Bonchev–Trinajstić information content (AvgIpc) is 3.66. The summed E-state index contributed by atoms with van der Waals surface area (Å²) in [4.78, 5) is 33.5. The minimum atomic E-state index is -5.08. The normalized spacial score (nSPS) is 11.6. The van der Waals surface area contributed by atoms with Crippen molar-refractivity contribution < 1.29 is 32.6 Å². The number of aliphatic carboxylic acids is 1. The molecule has 14 heteroatoms. The number of alkyl halides is 3. The van der Waals surface area contributed by atoms with Crippen LogP contribution < -0.4 is 10.1 Å². The molecule has 0 bridgehead atoms. The zero-order chi connectivity index (χ0) is 30.3. The summed E-state index contributed by atoms with van der Waals surface area (Å²) >= 11 is 0. The largest absolute Gasteiger partial charge is 0.497 e. The van der Waals surface area contributed by atoms with Crippen LogP contribution in [0.15, 0.2) is 79.5 Å². The maximum Gasteiger partial charge on any atom is 0.490 e. The first-order valence-corrected chi connectivity index (χ1v) is 12.2. The summed E-state index contributed by atoms with van der Waals surface area (Å²) in [5.41, 5.74) is 4.22. The van der Waals surface area contributed by atoms with Gasteiger partial charge in [0.2, 0.25) is 0 Å². The summed E-state index contributed by atoms with van der Waals surface area (Å²) in [6.07, 6.45) is 2.00. The Morgan fingerprint density at radius 3 is 2.64 bits per heavy atom. The van der Waals surface area contributed by atoms with Crippen molar-refractivity contribution in [2.75, 3.05) is 12.4 Å². The van der Waals surface area contributed by atoms with Crippen LogP contribution in [0.3, 0.4) is 0 Å². The molecular formula is C28H22F3N7O4. The number of ether oxygens (including phenoxy) is 1. The fraction of sp³-hybridized carbons (Fsp3) is 0.143. The molecule has 5 aromatic rings. The molecule has 3 heterocycles. The first-order valence-electron chi connectivity index (χ1n) is 12.2. The lowest BCUT2D eigenvalue weighted by Crippen LogP contribution is -2.21. The van der Waals surface area contributed by atoms with Crippen molar-refractivity contribution in [3.8, 4) is 23.1 Å². The van der Waals surface area contributed by atoms with Gasteiger partial charge in [0.1, 0.15) is 17.7 Å². The van der Waals surface area contributed by atoms with Gasteiger partial charge in [0.15, 0.2) is 0 Å². The quantitative estimate of drug-likeness (QED) is 0.238. The van der Waals surface area contributed by atoms with Crippen LogP contribution in [-0.4, -0.2) is 55.0 Å². The Balaban J connectivity index is 0.000000517. The van der Waals surface area contributed by atoms with Crippen molar-refractivity contribution in [2.45, 2.75) is 18.6 Å². The molecule has 1 amide bonds. The van der Waals surface area contributed by atoms with Crippen molar-refractivity contribution in [3.63, 3.8) is 0 Å². The molecule has 0 radical (unpaired) electrons. The van der Waals surface area contributed by atoms with Crippen molar-refractivity contribution in [1.29, 1.82) is 5.26 Å². The van der Waals surface area contributed by atoms with Gasteiger partial charge in [-0.15, -0.1) is 0 Å². The number of benzene rings is 2. The Bertz CT molecular complexity index is 1760. The number of carboxylic acids is 1. The topological polar surface area (TPSA) is 159 Å². The highest BCUT2D eigenvalue weighted by Gasteiger charge is 2.38. The third-order valence-electron chi connectivity index (χ3n) is 5.94. The van der Waals surface area contributed by atoms with E-state index in [2.05, 4.69) is 31.4 Å². The second kappa shape index (κ2) is 12.6. The van der Waals surface area contributed by atoms with Crippen LogP contribution in [0.4, 0.5) is 18.9 Å². The van der Waals surface area contributed by atoms with E-state index in [0.717, 1.165) is 27.9 Å². The molecule has 3 N–H and O–H groups in total. The van der Waals surface area contributed by atoms with E-state index in [0.29, 0.717) is 17.0 Å². The number of aromatic nitrogens is 5. The number of methoxy groups -OCH3 is 1. The number of rotatable bonds is 7. The van der Waals surface area contributed by atoms with E-state index < -0.39 is 12.1 Å². The molecule has 214 valence electrons. The molecule has 0 aliphatic heterocycles. The number of hydrogen-bond donors (Lipinski definition) is 3. The standard InChI is InChI=1S/C26H21N7O2.C2HF3O2/c1-35-21-7-3-6-20(13-21)32-26(34)18-5-2-4-17(12-18)23(8-10-27)33-15-19(14-31-33)24-22-9-11-28-25(22)30-16-29-24;3-2(4,5)1(6)7/h2-7,9,11-16,23H,8H2,1H3,(H,32,34)(H,28,29,30);(H,6,7). The van der Waals surface area contributed by atoms with E-state index in [-0.39, 0.29) is 18.4 Å². The first kappa shape index (κ1) is 29.3. The lowest BCUT2D eigenvalue weighted by molar-refractivity contribution is -0.192. The number of nitrogens with zero attached hydrogens (tertiary/aromatic N) is 5. The number of amides is 1. The molecule has 0 spiro atoms. The Labute approximate surface area is 236 Å². The van der Waals surface area contributed by atoms with E-state index in [9.17, 15) is 23.2 Å². The number of fused-ring (bicyclic) bond motifs is 1. The van der Waals surface area contributed by atoms with E-state index in [1.165, 1.54) is 6.33 Å². The van der Waals surface area contributed by atoms with E-state index >= 15 is 0 Å². The highest BCUT2D eigenvalue weighted by atomic mass is 19.4. The smallest absolute Gasteiger partial charge is 0.490 e. The van der Waals surface area contributed by atoms with Crippen LogP contribution in [0, 0.1) is 11.3 Å². The highest BCUT2D eigenvalue weighted by Crippen LogP contribution is 2.28. The summed E-state index contributed by atoms with van der Waals surface area (Å²) in [5, 5.41) is 24.9. The molecule has 0 fully saturated rings. The van der Waals surface area contributed by atoms with Crippen molar-refractivity contribution in [2.24, 2.45) is 0 Å². The van der Waals surface area contributed by atoms with Crippen molar-refractivity contribution in [1.82, 2.24) is 24.7 Å². The molecule has 11 nitrogen and oxygen atoms in total. The van der Waals surface area contributed by atoms with Gasteiger partial charge in [-0.3, -0.25) is 9.48 Å². The van der Waals surface area contributed by atoms with Crippen LogP contribution in [0.5, 0.6) is 5.75 Å². The molecule has 2 aromatic carbocycles. The molecule has 1 unspecified atom stereocenters. The van der Waals surface area contributed by atoms with Crippen LogP contribution in [0.2, 0.25) is 0 Å². The van der Waals surface area contributed by atoms with Crippen LogP contribution >= 0.6 is 0 Å². The highest BCUT2D eigenvalue weighted by molar-refractivity contribution is 6.04. The summed E-state index contributed by atoms with van der Waals surface area (Å²) in [6, 6.07) is 18.2. The molecule has 0 aliphatic carbocycles. The van der Waals surface area contributed by atoms with Gasteiger partial charge < -0.3 is 20.1 Å². The van der Waals surface area contributed by atoms with E-state index in [1.54, 1.807) is 48.3 Å². The monoisotopic (exact) mass is 577 g/mol. The summed E-state index contributed by atoms with van der Waals surface area (Å²) in [5.74, 6) is -2.36. The van der Waals surface area contributed by atoms with Crippen molar-refractivity contribution in [3.05, 3.63) is 90.6 Å². The number of H-pyrrole nitrogens is 1. The molecule has 0 saturated carbocycles. The van der Waals surface area contributed by atoms with Gasteiger partial charge in [-0.25, -0.2) is 14.8 Å². The maximum absolute atomic E-state index is 12.9. The van der Waals surface area contributed by atoms with Crippen LogP contribution in [0.1, 0.15) is 28.4 Å². The lowest BCUT2D eigenvalue weighted by Gasteiger charge is -2.16. The Kier molecular flexibility index (Phi) is 8.81. The summed E-state index contributed by atoms with van der Waals surface area (Å²) in [7, 11) is 1.58. The average molecular weight is 578 g/mol. The number of carboxylic acid groups (broad SMARTS) is 1. The fourth-order valence-electron chi connectivity index (χ4n) is 3.98. The third kappa shape index (κ3) is 6.89. The molecule has 42 heavy (non-hydrogen) atoms. The third-order valence-corrected chi connectivity index (χ3v) is 5.94. The molecular weight excluding hydrogens is 555 g/mol. The minimum absolute atomic E-state index is 0.186. The number of nitriles is 1. The number of anilines is 1. The first-order chi connectivity index (χ1) is 20.1. The Morgan fingerprint density at radius 1 is 1.17 bits per heavy atom. The number of nitrogens with one attached hydrogen (secondary N) is 2. The van der Waals surface area contributed by atoms with Crippen LogP contribution in [-0.2, 0) is 4.79 Å². The number of halogens is 3. The molecule has 3 aromatic heterocycles. The van der Waals surface area contributed by atoms with E-state index in [4.69, 9.17) is 14.6 Å². The molecule has 0 saturated heterocycles. The van der Waals surface area contributed by atoms with Gasteiger partial charge in [-0.05, 0) is 35.9 Å². The van der Waals surface area contributed by atoms with Gasteiger partial charge in [0.25, 0.3) is 5.91 Å². The predicted octanol–water partition coefficient (Wildman–Crippen LogP) is 5.22. The number of hydrogen-bond acceptors (Lipinski definition) is 7.